The van der Waals surface area contributed by atoms with E-state index in [2.05, 4.69) is 5.32 Å². The molecule has 2 aromatic rings. The maximum atomic E-state index is 12.6. The van der Waals surface area contributed by atoms with Gasteiger partial charge in [0.25, 0.3) is 11.8 Å². The van der Waals surface area contributed by atoms with Crippen molar-refractivity contribution < 1.29 is 28.7 Å². The molecule has 0 fully saturated rings. The molecule has 8 heteroatoms. The molecule has 3 amide bonds. The van der Waals surface area contributed by atoms with Crippen LogP contribution in [0.3, 0.4) is 0 Å². The number of esters is 1. The Labute approximate surface area is 180 Å². The van der Waals surface area contributed by atoms with Gasteiger partial charge in [0.05, 0.1) is 23.9 Å². The number of methoxy groups -OCH3 is 1. The molecule has 0 saturated heterocycles. The van der Waals surface area contributed by atoms with Gasteiger partial charge in [0.1, 0.15) is 11.6 Å². The van der Waals surface area contributed by atoms with Crippen LogP contribution >= 0.6 is 0 Å². The number of alkyl carbamates (subject to hydrolysis) is 1. The Morgan fingerprint density at radius 2 is 1.52 bits per heavy atom. The van der Waals surface area contributed by atoms with Crippen molar-refractivity contribution in [2.45, 2.75) is 38.8 Å². The molecule has 2 aromatic carbocycles. The van der Waals surface area contributed by atoms with E-state index in [0.717, 1.165) is 4.90 Å². The van der Waals surface area contributed by atoms with Gasteiger partial charge in [-0.15, -0.1) is 0 Å². The van der Waals surface area contributed by atoms with Crippen molar-refractivity contribution in [2.75, 3.05) is 12.0 Å². The SMILES string of the molecule is COC(=O)C(Cc1ccc(N2C(=O)c3ccccc3C2=O)cc1)NC(=O)OC(C)(C)C. The van der Waals surface area contributed by atoms with E-state index in [1.165, 1.54) is 7.11 Å². The highest BCUT2D eigenvalue weighted by atomic mass is 16.6. The summed E-state index contributed by atoms with van der Waals surface area (Å²) in [4.78, 5) is 50.5. The molecule has 1 atom stereocenters. The van der Waals surface area contributed by atoms with Crippen molar-refractivity contribution in [1.82, 2.24) is 5.32 Å². The number of carbonyl (C=O) groups is 4. The minimum atomic E-state index is -0.954. The number of hydrogen-bond acceptors (Lipinski definition) is 6. The van der Waals surface area contributed by atoms with Crippen molar-refractivity contribution >= 4 is 29.6 Å². The van der Waals surface area contributed by atoms with Crippen LogP contribution in [0.1, 0.15) is 47.1 Å². The van der Waals surface area contributed by atoms with Crippen LogP contribution in [-0.2, 0) is 20.7 Å². The van der Waals surface area contributed by atoms with Gasteiger partial charge in [-0.1, -0.05) is 24.3 Å². The van der Waals surface area contributed by atoms with Gasteiger partial charge >= 0.3 is 12.1 Å². The second-order valence-corrected chi connectivity index (χ2v) is 8.08. The fourth-order valence-corrected chi connectivity index (χ4v) is 3.23. The van der Waals surface area contributed by atoms with Gasteiger partial charge in [0.15, 0.2) is 0 Å². The van der Waals surface area contributed by atoms with Crippen molar-refractivity contribution in [3.8, 4) is 0 Å². The summed E-state index contributed by atoms with van der Waals surface area (Å²) in [7, 11) is 1.23. The van der Waals surface area contributed by atoms with Gasteiger partial charge in [-0.2, -0.15) is 0 Å². The first kappa shape index (κ1) is 22.0. The average Bonchev–Trinajstić information content (AvgIpc) is 2.97. The maximum absolute atomic E-state index is 12.6. The van der Waals surface area contributed by atoms with Gasteiger partial charge in [0, 0.05) is 6.42 Å². The molecular weight excluding hydrogens is 400 g/mol. The lowest BCUT2D eigenvalue weighted by Crippen LogP contribution is -2.45. The number of nitrogens with zero attached hydrogens (tertiary/aromatic N) is 1. The van der Waals surface area contributed by atoms with E-state index in [-0.39, 0.29) is 18.2 Å². The highest BCUT2D eigenvalue weighted by molar-refractivity contribution is 6.34. The fourth-order valence-electron chi connectivity index (χ4n) is 3.23. The molecule has 162 valence electrons. The Morgan fingerprint density at radius 3 is 2.00 bits per heavy atom. The first-order valence-electron chi connectivity index (χ1n) is 9.75. The Balaban J connectivity index is 1.74. The first-order chi connectivity index (χ1) is 14.6. The lowest BCUT2D eigenvalue weighted by Gasteiger charge is -2.22. The molecule has 1 aliphatic rings. The number of anilines is 1. The molecule has 8 nitrogen and oxygen atoms in total. The summed E-state index contributed by atoms with van der Waals surface area (Å²) < 4.78 is 9.98. The van der Waals surface area contributed by atoms with Crippen LogP contribution in [0.5, 0.6) is 0 Å². The molecule has 1 aliphatic heterocycles. The number of amides is 3. The van der Waals surface area contributed by atoms with Crippen molar-refractivity contribution in [3.05, 3.63) is 65.2 Å². The summed E-state index contributed by atoms with van der Waals surface area (Å²) >= 11 is 0. The summed E-state index contributed by atoms with van der Waals surface area (Å²) in [6.45, 7) is 5.16. The summed E-state index contributed by atoms with van der Waals surface area (Å²) in [5.41, 5.74) is 1.14. The van der Waals surface area contributed by atoms with E-state index >= 15 is 0 Å². The zero-order valence-corrected chi connectivity index (χ0v) is 17.8. The number of fused-ring (bicyclic) bond motifs is 1. The monoisotopic (exact) mass is 424 g/mol. The second kappa shape index (κ2) is 8.59. The minimum absolute atomic E-state index is 0.147. The van der Waals surface area contributed by atoms with Crippen molar-refractivity contribution in [3.63, 3.8) is 0 Å². The zero-order chi connectivity index (χ0) is 22.8. The smallest absolute Gasteiger partial charge is 0.408 e. The number of imide groups is 1. The van der Waals surface area contributed by atoms with Gasteiger partial charge in [-0.05, 0) is 50.6 Å². The largest absolute Gasteiger partial charge is 0.467 e. The third kappa shape index (κ3) is 4.91. The molecule has 1 N–H and O–H groups in total. The Hall–Kier alpha value is -3.68. The average molecular weight is 424 g/mol. The summed E-state index contributed by atoms with van der Waals surface area (Å²) in [5.74, 6) is -1.38. The number of hydrogen-bond donors (Lipinski definition) is 1. The first-order valence-corrected chi connectivity index (χ1v) is 9.75. The molecule has 0 radical (unpaired) electrons. The number of carbonyl (C=O) groups excluding carboxylic acids is 4. The van der Waals surface area contributed by atoms with Crippen LogP contribution in [0.4, 0.5) is 10.5 Å². The number of ether oxygens (including phenoxy) is 2. The van der Waals surface area contributed by atoms with Gasteiger partial charge in [-0.3, -0.25) is 9.59 Å². The highest BCUT2D eigenvalue weighted by Gasteiger charge is 2.36. The molecule has 3 rings (SSSR count). The standard InChI is InChI=1S/C23H24N2O6/c1-23(2,3)31-22(29)24-18(21(28)30-4)13-14-9-11-15(12-10-14)25-19(26)16-7-5-6-8-17(16)20(25)27/h5-12,18H,13H2,1-4H3,(H,24,29). The van der Waals surface area contributed by atoms with Crippen LogP contribution in [-0.4, -0.2) is 42.6 Å². The van der Waals surface area contributed by atoms with Crippen LogP contribution in [0.15, 0.2) is 48.5 Å². The molecular formula is C23H24N2O6. The van der Waals surface area contributed by atoms with Crippen LogP contribution in [0.2, 0.25) is 0 Å². The van der Waals surface area contributed by atoms with Gasteiger partial charge < -0.3 is 14.8 Å². The maximum Gasteiger partial charge on any atom is 0.408 e. The normalized spacial score (nSPS) is 14.1. The van der Waals surface area contributed by atoms with Crippen LogP contribution in [0, 0.1) is 0 Å². The topological polar surface area (TPSA) is 102 Å². The van der Waals surface area contributed by atoms with Crippen LogP contribution < -0.4 is 10.2 Å². The number of benzene rings is 2. The molecule has 0 aromatic heterocycles. The van der Waals surface area contributed by atoms with Crippen molar-refractivity contribution in [1.29, 1.82) is 0 Å². The number of rotatable bonds is 5. The van der Waals surface area contributed by atoms with Crippen molar-refractivity contribution in [2.24, 2.45) is 0 Å². The Kier molecular flexibility index (Phi) is 6.10. The number of nitrogens with one attached hydrogen (secondary N) is 1. The molecule has 31 heavy (non-hydrogen) atoms. The molecule has 0 bridgehead atoms. The quantitative estimate of drug-likeness (QED) is 0.585. The highest BCUT2D eigenvalue weighted by Crippen LogP contribution is 2.28. The minimum Gasteiger partial charge on any atom is -0.467 e. The second-order valence-electron chi connectivity index (χ2n) is 8.08. The van der Waals surface area contributed by atoms with E-state index in [1.54, 1.807) is 69.3 Å². The van der Waals surface area contributed by atoms with Crippen LogP contribution in [0.25, 0.3) is 0 Å². The lowest BCUT2D eigenvalue weighted by atomic mass is 10.1. The predicted molar refractivity (Wildman–Crippen MR) is 113 cm³/mol. The van der Waals surface area contributed by atoms with Gasteiger partial charge in [0.2, 0.25) is 0 Å². The summed E-state index contributed by atoms with van der Waals surface area (Å²) in [5, 5.41) is 2.51. The van der Waals surface area contributed by atoms with E-state index in [4.69, 9.17) is 9.47 Å². The summed E-state index contributed by atoms with van der Waals surface area (Å²) in [6.07, 6.45) is -0.584. The fraction of sp³-hybridized carbons (Fsp3) is 0.304. The summed E-state index contributed by atoms with van der Waals surface area (Å²) in [6, 6.07) is 12.3. The van der Waals surface area contributed by atoms with E-state index in [9.17, 15) is 19.2 Å². The molecule has 0 aliphatic carbocycles. The van der Waals surface area contributed by atoms with E-state index in [0.29, 0.717) is 22.4 Å². The third-order valence-electron chi connectivity index (χ3n) is 4.61. The van der Waals surface area contributed by atoms with Gasteiger partial charge in [-0.25, -0.2) is 14.5 Å². The molecule has 0 saturated carbocycles. The molecule has 1 heterocycles. The Bertz CT molecular complexity index is 988. The van der Waals surface area contributed by atoms with E-state index in [1.807, 2.05) is 0 Å². The zero-order valence-electron chi connectivity index (χ0n) is 17.8. The third-order valence-corrected chi connectivity index (χ3v) is 4.61. The lowest BCUT2D eigenvalue weighted by molar-refractivity contribution is -0.143. The predicted octanol–water partition coefficient (Wildman–Crippen LogP) is 3.10. The molecule has 1 unspecified atom stereocenters. The Morgan fingerprint density at radius 1 is 0.968 bits per heavy atom. The molecule has 0 spiro atoms. The van der Waals surface area contributed by atoms with E-state index < -0.39 is 23.7 Å².